The Labute approximate surface area is 118 Å². The molecule has 0 saturated carbocycles. The average molecular weight is 269 g/mol. The minimum absolute atomic E-state index is 0.223. The topological polar surface area (TPSA) is 59.2 Å². The molecule has 0 radical (unpaired) electrons. The molecule has 4 heteroatoms. The molecular formula is C16H19N3O. The molecule has 1 aromatic carbocycles. The summed E-state index contributed by atoms with van der Waals surface area (Å²) in [4.78, 5) is 18.3. The van der Waals surface area contributed by atoms with E-state index in [1.807, 2.05) is 29.3 Å². The number of nitrogens with two attached hydrogens (primary N) is 1. The van der Waals surface area contributed by atoms with Crippen molar-refractivity contribution in [1.29, 1.82) is 0 Å². The van der Waals surface area contributed by atoms with E-state index in [-0.39, 0.29) is 5.91 Å². The quantitative estimate of drug-likeness (QED) is 0.917. The number of hydrogen-bond acceptors (Lipinski definition) is 3. The Bertz CT molecular complexity index is 621. The Kier molecular flexibility index (Phi) is 3.65. The number of amides is 1. The summed E-state index contributed by atoms with van der Waals surface area (Å²) in [5.41, 5.74) is 6.71. The van der Waals surface area contributed by atoms with Crippen molar-refractivity contribution >= 4 is 16.7 Å². The van der Waals surface area contributed by atoms with Crippen molar-refractivity contribution in [3.63, 3.8) is 0 Å². The van der Waals surface area contributed by atoms with Crippen LogP contribution in [0, 0.1) is 5.92 Å². The molecule has 4 nitrogen and oxygen atoms in total. The van der Waals surface area contributed by atoms with Crippen LogP contribution in [0.1, 0.15) is 12.1 Å². The third-order valence-electron chi connectivity index (χ3n) is 4.00. The molecule has 20 heavy (non-hydrogen) atoms. The number of carbonyl (C=O) groups excluding carboxylic acids is 1. The number of aromatic nitrogens is 1. The second-order valence-corrected chi connectivity index (χ2v) is 5.37. The molecule has 1 aliphatic heterocycles. The number of likely N-dealkylation sites (tertiary alicyclic amines) is 1. The fourth-order valence-corrected chi connectivity index (χ4v) is 2.85. The summed E-state index contributed by atoms with van der Waals surface area (Å²) in [5.74, 6) is 0.545. The van der Waals surface area contributed by atoms with E-state index >= 15 is 0 Å². The first kappa shape index (κ1) is 13.1. The summed E-state index contributed by atoms with van der Waals surface area (Å²) >= 11 is 0. The lowest BCUT2D eigenvalue weighted by atomic mass is 10.1. The van der Waals surface area contributed by atoms with Crippen LogP contribution < -0.4 is 5.73 Å². The molecule has 1 atom stereocenters. The second-order valence-electron chi connectivity index (χ2n) is 5.37. The zero-order valence-electron chi connectivity index (χ0n) is 11.5. The van der Waals surface area contributed by atoms with E-state index in [4.69, 9.17) is 5.73 Å². The fourth-order valence-electron chi connectivity index (χ4n) is 2.85. The van der Waals surface area contributed by atoms with E-state index in [0.29, 0.717) is 18.9 Å². The van der Waals surface area contributed by atoms with E-state index in [9.17, 15) is 4.79 Å². The molecular weight excluding hydrogens is 250 g/mol. The zero-order chi connectivity index (χ0) is 13.9. The maximum atomic E-state index is 11.9. The number of pyridine rings is 1. The summed E-state index contributed by atoms with van der Waals surface area (Å²) in [6, 6.07) is 10.3. The number of rotatable bonds is 4. The van der Waals surface area contributed by atoms with E-state index in [2.05, 4.69) is 17.1 Å². The van der Waals surface area contributed by atoms with Crippen LogP contribution in [0.4, 0.5) is 0 Å². The Morgan fingerprint density at radius 3 is 2.95 bits per heavy atom. The molecule has 1 aromatic heterocycles. The van der Waals surface area contributed by atoms with Gasteiger partial charge in [-0.3, -0.25) is 9.78 Å². The number of hydrogen-bond donors (Lipinski definition) is 1. The Balaban J connectivity index is 1.73. The third kappa shape index (κ3) is 2.51. The van der Waals surface area contributed by atoms with Gasteiger partial charge in [0.25, 0.3) is 0 Å². The van der Waals surface area contributed by atoms with Gasteiger partial charge in [-0.05, 0) is 23.9 Å². The first-order chi connectivity index (χ1) is 9.78. The van der Waals surface area contributed by atoms with E-state index in [0.717, 1.165) is 25.2 Å². The van der Waals surface area contributed by atoms with Crippen LogP contribution in [-0.4, -0.2) is 35.4 Å². The Morgan fingerprint density at radius 2 is 2.15 bits per heavy atom. The molecule has 104 valence electrons. The second kappa shape index (κ2) is 5.59. The van der Waals surface area contributed by atoms with Gasteiger partial charge in [0.05, 0.1) is 0 Å². The molecule has 1 amide bonds. The number of fused-ring (bicyclic) bond motifs is 1. The summed E-state index contributed by atoms with van der Waals surface area (Å²) < 4.78 is 0. The fraction of sp³-hybridized carbons (Fsp3) is 0.375. The largest absolute Gasteiger partial charge is 0.342 e. The summed E-state index contributed by atoms with van der Waals surface area (Å²) in [5, 5.41) is 2.38. The number of carbonyl (C=O) groups is 1. The number of benzene rings is 1. The zero-order valence-corrected chi connectivity index (χ0v) is 11.5. The highest BCUT2D eigenvalue weighted by molar-refractivity contribution is 5.84. The van der Waals surface area contributed by atoms with Crippen LogP contribution in [0.3, 0.4) is 0 Å². The summed E-state index contributed by atoms with van der Waals surface area (Å²) in [6.45, 7) is 2.12. The molecule has 1 aliphatic rings. The van der Waals surface area contributed by atoms with Crippen molar-refractivity contribution in [3.8, 4) is 0 Å². The molecule has 0 aliphatic carbocycles. The van der Waals surface area contributed by atoms with Crippen molar-refractivity contribution in [3.05, 3.63) is 42.2 Å². The van der Waals surface area contributed by atoms with Crippen LogP contribution in [-0.2, 0) is 11.2 Å². The highest BCUT2D eigenvalue weighted by Gasteiger charge is 2.28. The predicted octanol–water partition coefficient (Wildman–Crippen LogP) is 1.58. The van der Waals surface area contributed by atoms with Gasteiger partial charge >= 0.3 is 0 Å². The first-order valence-electron chi connectivity index (χ1n) is 7.08. The van der Waals surface area contributed by atoms with Gasteiger partial charge < -0.3 is 10.6 Å². The molecule has 1 saturated heterocycles. The van der Waals surface area contributed by atoms with Gasteiger partial charge in [0.1, 0.15) is 0 Å². The molecule has 2 N–H and O–H groups in total. The first-order valence-corrected chi connectivity index (χ1v) is 7.08. The maximum absolute atomic E-state index is 11.9. The maximum Gasteiger partial charge on any atom is 0.222 e. The van der Waals surface area contributed by atoms with Crippen molar-refractivity contribution in [1.82, 2.24) is 9.88 Å². The van der Waals surface area contributed by atoms with Crippen LogP contribution in [0.5, 0.6) is 0 Å². The van der Waals surface area contributed by atoms with Crippen LogP contribution >= 0.6 is 0 Å². The lowest BCUT2D eigenvalue weighted by Crippen LogP contribution is -2.28. The Morgan fingerprint density at radius 1 is 1.30 bits per heavy atom. The monoisotopic (exact) mass is 269 g/mol. The molecule has 2 heterocycles. The lowest BCUT2D eigenvalue weighted by molar-refractivity contribution is -0.127. The average Bonchev–Trinajstić information content (AvgIpc) is 2.85. The van der Waals surface area contributed by atoms with Crippen molar-refractivity contribution in [2.24, 2.45) is 11.7 Å². The van der Waals surface area contributed by atoms with Gasteiger partial charge in [-0.25, -0.2) is 0 Å². The van der Waals surface area contributed by atoms with Gasteiger partial charge in [-0.15, -0.1) is 0 Å². The highest BCUT2D eigenvalue weighted by atomic mass is 16.2. The van der Waals surface area contributed by atoms with Gasteiger partial charge in [-0.2, -0.15) is 0 Å². The number of nitrogens with zero attached hydrogens (tertiary/aromatic N) is 2. The molecule has 0 spiro atoms. The Hall–Kier alpha value is -1.94. The van der Waals surface area contributed by atoms with Gasteiger partial charge in [0.2, 0.25) is 5.91 Å². The van der Waals surface area contributed by atoms with Crippen molar-refractivity contribution in [2.45, 2.75) is 12.8 Å². The molecule has 1 unspecified atom stereocenters. The van der Waals surface area contributed by atoms with Crippen molar-refractivity contribution in [2.75, 3.05) is 19.6 Å². The smallest absolute Gasteiger partial charge is 0.222 e. The van der Waals surface area contributed by atoms with E-state index < -0.39 is 0 Å². The SMILES string of the molecule is NCC1CC(=O)N(CCc2nccc3ccccc23)C1. The van der Waals surface area contributed by atoms with Gasteiger partial charge in [0.15, 0.2) is 0 Å². The minimum Gasteiger partial charge on any atom is -0.342 e. The van der Waals surface area contributed by atoms with Gasteiger partial charge in [0, 0.05) is 43.2 Å². The van der Waals surface area contributed by atoms with Crippen LogP contribution in [0.25, 0.3) is 10.8 Å². The summed E-state index contributed by atoms with van der Waals surface area (Å²) in [7, 11) is 0. The van der Waals surface area contributed by atoms with Crippen LogP contribution in [0.15, 0.2) is 36.5 Å². The predicted molar refractivity (Wildman–Crippen MR) is 79.2 cm³/mol. The molecule has 0 bridgehead atoms. The van der Waals surface area contributed by atoms with Crippen LogP contribution in [0.2, 0.25) is 0 Å². The van der Waals surface area contributed by atoms with E-state index in [1.165, 1.54) is 10.8 Å². The third-order valence-corrected chi connectivity index (χ3v) is 4.00. The lowest BCUT2D eigenvalue weighted by Gasteiger charge is -2.16. The standard InChI is InChI=1S/C16H19N3O/c17-10-12-9-16(20)19(11-12)8-6-15-14-4-2-1-3-13(14)5-7-18-15/h1-5,7,12H,6,8-11,17H2. The molecule has 1 fully saturated rings. The highest BCUT2D eigenvalue weighted by Crippen LogP contribution is 2.20. The minimum atomic E-state index is 0.223. The molecule has 2 aromatic rings. The summed E-state index contributed by atoms with van der Waals surface area (Å²) in [6.07, 6.45) is 3.23. The van der Waals surface area contributed by atoms with Gasteiger partial charge in [-0.1, -0.05) is 24.3 Å². The van der Waals surface area contributed by atoms with Crippen molar-refractivity contribution < 1.29 is 4.79 Å². The molecule has 3 rings (SSSR count). The van der Waals surface area contributed by atoms with E-state index in [1.54, 1.807) is 0 Å². The normalized spacial score (nSPS) is 18.9.